The van der Waals surface area contributed by atoms with Gasteiger partial charge in [-0.1, -0.05) is 6.92 Å². The van der Waals surface area contributed by atoms with E-state index in [1.807, 2.05) is 6.92 Å². The average Bonchev–Trinajstić information content (AvgIpc) is 2.36. The third-order valence-electron chi connectivity index (χ3n) is 2.80. The summed E-state index contributed by atoms with van der Waals surface area (Å²) in [6.07, 6.45) is -0.334. The van der Waals surface area contributed by atoms with E-state index in [-0.39, 0.29) is 17.9 Å². The zero-order valence-electron chi connectivity index (χ0n) is 9.81. The van der Waals surface area contributed by atoms with Gasteiger partial charge in [-0.2, -0.15) is 0 Å². The Bertz CT molecular complexity index is 262. The Kier molecular flexibility index (Phi) is 4.54. The Morgan fingerprint density at radius 1 is 1.25 bits per heavy atom. The molecule has 1 rings (SSSR count). The first-order chi connectivity index (χ1) is 7.60. The molecule has 1 saturated heterocycles. The molecule has 6 nitrogen and oxygen atoms in total. The van der Waals surface area contributed by atoms with Crippen LogP contribution in [0.2, 0.25) is 0 Å². The van der Waals surface area contributed by atoms with Crippen LogP contribution in [0.25, 0.3) is 0 Å². The molecule has 1 unspecified atom stereocenters. The number of methoxy groups -OCH3 is 1. The zero-order valence-corrected chi connectivity index (χ0v) is 9.81. The van der Waals surface area contributed by atoms with E-state index in [0.717, 1.165) is 0 Å². The number of amides is 2. The lowest BCUT2D eigenvalue weighted by Gasteiger charge is -2.35. The number of carbonyl (C=O) groups is 2. The number of hydrogen-bond acceptors (Lipinski definition) is 4. The van der Waals surface area contributed by atoms with E-state index in [1.165, 1.54) is 7.11 Å². The molecule has 2 N–H and O–H groups in total. The highest BCUT2D eigenvalue weighted by molar-refractivity contribution is 5.79. The largest absolute Gasteiger partial charge is 0.453 e. The summed E-state index contributed by atoms with van der Waals surface area (Å²) in [5, 5.41) is 0. The number of ether oxygens (including phenoxy) is 1. The van der Waals surface area contributed by atoms with Gasteiger partial charge in [-0.05, 0) is 0 Å². The molecule has 1 atom stereocenters. The molecule has 0 spiro atoms. The van der Waals surface area contributed by atoms with Crippen LogP contribution in [0.3, 0.4) is 0 Å². The number of rotatable bonds is 2. The molecule has 0 bridgehead atoms. The van der Waals surface area contributed by atoms with Crippen LogP contribution in [0.4, 0.5) is 4.79 Å². The van der Waals surface area contributed by atoms with E-state index in [0.29, 0.717) is 32.7 Å². The summed E-state index contributed by atoms with van der Waals surface area (Å²) in [4.78, 5) is 26.3. The average molecular weight is 229 g/mol. The molecule has 0 aromatic heterocycles. The molecule has 2 amide bonds. The van der Waals surface area contributed by atoms with Crippen molar-refractivity contribution in [1.82, 2.24) is 9.80 Å². The number of hydrogen-bond donors (Lipinski definition) is 1. The van der Waals surface area contributed by atoms with Gasteiger partial charge in [-0.25, -0.2) is 4.79 Å². The van der Waals surface area contributed by atoms with Crippen LogP contribution in [0.1, 0.15) is 6.92 Å². The van der Waals surface area contributed by atoms with Crippen molar-refractivity contribution in [2.24, 2.45) is 11.7 Å². The summed E-state index contributed by atoms with van der Waals surface area (Å²) in [5.74, 6) is -0.0864. The zero-order chi connectivity index (χ0) is 12.1. The Hall–Kier alpha value is -1.30. The fraction of sp³-hybridized carbons (Fsp3) is 0.800. The monoisotopic (exact) mass is 229 g/mol. The number of nitrogens with zero attached hydrogens (tertiary/aromatic N) is 2. The normalized spacial score (nSPS) is 18.2. The van der Waals surface area contributed by atoms with Gasteiger partial charge in [-0.15, -0.1) is 0 Å². The summed E-state index contributed by atoms with van der Waals surface area (Å²) in [6.45, 7) is 4.33. The smallest absolute Gasteiger partial charge is 0.409 e. The van der Waals surface area contributed by atoms with Crippen molar-refractivity contribution < 1.29 is 14.3 Å². The van der Waals surface area contributed by atoms with Crippen molar-refractivity contribution in [2.45, 2.75) is 6.92 Å². The molecule has 0 aromatic carbocycles. The topological polar surface area (TPSA) is 75.9 Å². The molecular weight excluding hydrogens is 210 g/mol. The molecule has 16 heavy (non-hydrogen) atoms. The molecular formula is C10H19N3O3. The minimum Gasteiger partial charge on any atom is -0.453 e. The molecule has 92 valence electrons. The van der Waals surface area contributed by atoms with Gasteiger partial charge in [0.25, 0.3) is 0 Å². The molecule has 0 saturated carbocycles. The number of nitrogens with two attached hydrogens (primary N) is 1. The Morgan fingerprint density at radius 2 is 1.75 bits per heavy atom. The van der Waals surface area contributed by atoms with Gasteiger partial charge in [0.2, 0.25) is 5.91 Å². The van der Waals surface area contributed by atoms with Gasteiger partial charge in [0.05, 0.1) is 7.11 Å². The van der Waals surface area contributed by atoms with E-state index >= 15 is 0 Å². The van der Waals surface area contributed by atoms with Crippen molar-refractivity contribution in [3.05, 3.63) is 0 Å². The van der Waals surface area contributed by atoms with Crippen LogP contribution in [-0.2, 0) is 9.53 Å². The summed E-state index contributed by atoms with van der Waals surface area (Å²) < 4.78 is 4.62. The minimum atomic E-state index is -0.334. The van der Waals surface area contributed by atoms with E-state index < -0.39 is 0 Å². The van der Waals surface area contributed by atoms with Crippen molar-refractivity contribution in [3.63, 3.8) is 0 Å². The van der Waals surface area contributed by atoms with Crippen molar-refractivity contribution >= 4 is 12.0 Å². The van der Waals surface area contributed by atoms with Gasteiger partial charge in [0.15, 0.2) is 0 Å². The van der Waals surface area contributed by atoms with Crippen molar-refractivity contribution in [2.75, 3.05) is 39.8 Å². The van der Waals surface area contributed by atoms with Crippen LogP contribution in [0.15, 0.2) is 0 Å². The third-order valence-corrected chi connectivity index (χ3v) is 2.80. The molecule has 0 aromatic rings. The second kappa shape index (κ2) is 5.69. The Morgan fingerprint density at radius 3 is 2.19 bits per heavy atom. The molecule has 1 aliphatic rings. The fourth-order valence-corrected chi connectivity index (χ4v) is 1.65. The summed E-state index contributed by atoms with van der Waals surface area (Å²) in [6, 6.07) is 0. The maximum Gasteiger partial charge on any atom is 0.409 e. The fourth-order valence-electron chi connectivity index (χ4n) is 1.65. The van der Waals surface area contributed by atoms with E-state index in [4.69, 9.17) is 5.73 Å². The SMILES string of the molecule is COC(=O)N1CCN(C(=O)C(C)CN)CC1. The summed E-state index contributed by atoms with van der Waals surface area (Å²) in [5.41, 5.74) is 5.44. The Labute approximate surface area is 95.3 Å². The van der Waals surface area contributed by atoms with Gasteiger partial charge < -0.3 is 20.3 Å². The highest BCUT2D eigenvalue weighted by Gasteiger charge is 2.26. The predicted molar refractivity (Wildman–Crippen MR) is 58.8 cm³/mol. The predicted octanol–water partition coefficient (Wildman–Crippen LogP) is -0.508. The third kappa shape index (κ3) is 2.85. The molecule has 1 fully saturated rings. The minimum absolute atomic E-state index is 0.0621. The first-order valence-electron chi connectivity index (χ1n) is 5.42. The lowest BCUT2D eigenvalue weighted by Crippen LogP contribution is -2.52. The van der Waals surface area contributed by atoms with E-state index in [9.17, 15) is 9.59 Å². The van der Waals surface area contributed by atoms with Crippen LogP contribution in [-0.4, -0.2) is 61.6 Å². The summed E-state index contributed by atoms with van der Waals surface area (Å²) in [7, 11) is 1.36. The standard InChI is InChI=1S/C10H19N3O3/c1-8(7-11)9(14)12-3-5-13(6-4-12)10(15)16-2/h8H,3-7,11H2,1-2H3. The second-order valence-electron chi connectivity index (χ2n) is 3.92. The highest BCUT2D eigenvalue weighted by Crippen LogP contribution is 2.07. The molecule has 1 heterocycles. The van der Waals surface area contributed by atoms with Crippen molar-refractivity contribution in [3.8, 4) is 0 Å². The van der Waals surface area contributed by atoms with Crippen LogP contribution < -0.4 is 5.73 Å². The van der Waals surface area contributed by atoms with Gasteiger partial charge in [0.1, 0.15) is 0 Å². The summed E-state index contributed by atoms with van der Waals surface area (Å²) >= 11 is 0. The lowest BCUT2D eigenvalue weighted by atomic mass is 10.1. The van der Waals surface area contributed by atoms with Gasteiger partial charge in [-0.3, -0.25) is 4.79 Å². The van der Waals surface area contributed by atoms with E-state index in [2.05, 4.69) is 4.74 Å². The Balaban J connectivity index is 2.43. The number of piperazine rings is 1. The van der Waals surface area contributed by atoms with Crippen LogP contribution >= 0.6 is 0 Å². The highest BCUT2D eigenvalue weighted by atomic mass is 16.5. The lowest BCUT2D eigenvalue weighted by molar-refractivity contribution is -0.136. The number of carbonyl (C=O) groups excluding carboxylic acids is 2. The van der Waals surface area contributed by atoms with Crippen molar-refractivity contribution in [1.29, 1.82) is 0 Å². The molecule has 1 aliphatic heterocycles. The first kappa shape index (κ1) is 12.8. The van der Waals surface area contributed by atoms with E-state index in [1.54, 1.807) is 9.80 Å². The van der Waals surface area contributed by atoms with Crippen LogP contribution in [0.5, 0.6) is 0 Å². The molecule has 0 radical (unpaired) electrons. The maximum absolute atomic E-state index is 11.8. The molecule has 6 heteroatoms. The van der Waals surface area contributed by atoms with Gasteiger partial charge >= 0.3 is 6.09 Å². The van der Waals surface area contributed by atoms with Crippen LogP contribution in [0, 0.1) is 5.92 Å². The molecule has 0 aliphatic carbocycles. The second-order valence-corrected chi connectivity index (χ2v) is 3.92. The first-order valence-corrected chi connectivity index (χ1v) is 5.42. The van der Waals surface area contributed by atoms with Gasteiger partial charge in [0, 0.05) is 38.6 Å². The maximum atomic E-state index is 11.8. The quantitative estimate of drug-likeness (QED) is 0.692.